The minimum absolute atomic E-state index is 0.272. The Balaban J connectivity index is 1.73. The van der Waals surface area contributed by atoms with Crippen LogP contribution < -0.4 is 9.62 Å². The van der Waals surface area contributed by atoms with Crippen molar-refractivity contribution in [1.29, 1.82) is 0 Å². The van der Waals surface area contributed by atoms with E-state index in [4.69, 9.17) is 0 Å². The van der Waals surface area contributed by atoms with Gasteiger partial charge in [-0.1, -0.05) is 25.1 Å². The number of nitrogens with zero attached hydrogens (tertiary/aromatic N) is 1. The van der Waals surface area contributed by atoms with Crippen LogP contribution in [-0.4, -0.2) is 21.5 Å². The molecule has 2 aromatic carbocycles. The summed E-state index contributed by atoms with van der Waals surface area (Å²) in [5.41, 5.74) is 1.74. The van der Waals surface area contributed by atoms with Crippen molar-refractivity contribution in [3.63, 3.8) is 0 Å². The fourth-order valence-electron chi connectivity index (χ4n) is 2.98. The van der Waals surface area contributed by atoms with Crippen LogP contribution in [0.2, 0.25) is 0 Å². The van der Waals surface area contributed by atoms with Gasteiger partial charge in [-0.25, -0.2) is 8.42 Å². The van der Waals surface area contributed by atoms with Crippen molar-refractivity contribution in [2.45, 2.75) is 24.7 Å². The van der Waals surface area contributed by atoms with Crippen molar-refractivity contribution in [3.05, 3.63) is 54.6 Å². The summed E-state index contributed by atoms with van der Waals surface area (Å²) in [6.07, 6.45) is 2.50. The Bertz CT molecular complexity index is 742. The molecular formula is C18H22N2O2S. The Morgan fingerprint density at radius 1 is 1.04 bits per heavy atom. The van der Waals surface area contributed by atoms with Gasteiger partial charge in [-0.05, 0) is 55.2 Å². The van der Waals surface area contributed by atoms with Crippen LogP contribution in [0.3, 0.4) is 0 Å². The molecule has 1 heterocycles. The summed E-state index contributed by atoms with van der Waals surface area (Å²) < 4.78 is 27.2. The van der Waals surface area contributed by atoms with E-state index in [0.717, 1.165) is 18.8 Å². The number of nitrogens with one attached hydrogen (secondary N) is 1. The third-order valence-electron chi connectivity index (χ3n) is 4.20. The van der Waals surface area contributed by atoms with Crippen molar-refractivity contribution >= 4 is 21.4 Å². The van der Waals surface area contributed by atoms with Crippen molar-refractivity contribution < 1.29 is 8.42 Å². The van der Waals surface area contributed by atoms with Crippen molar-refractivity contribution in [1.82, 2.24) is 0 Å². The van der Waals surface area contributed by atoms with Gasteiger partial charge in [0.1, 0.15) is 0 Å². The molecule has 0 aliphatic carbocycles. The van der Waals surface area contributed by atoms with E-state index in [0.29, 0.717) is 11.6 Å². The number of anilines is 2. The number of benzene rings is 2. The average molecular weight is 330 g/mol. The standard InChI is InChI=1S/C18H22N2O2S/c1-15-6-5-13-20(14-15)17-11-9-16(10-12-17)19-23(21,22)18-7-3-2-4-8-18/h2-4,7-12,15,19H,5-6,13-14H2,1H3. The molecule has 1 unspecified atom stereocenters. The molecule has 0 aromatic heterocycles. The fraction of sp³-hybridized carbons (Fsp3) is 0.333. The summed E-state index contributed by atoms with van der Waals surface area (Å²) >= 11 is 0. The lowest BCUT2D eigenvalue weighted by atomic mass is 10.00. The molecule has 2 aromatic rings. The largest absolute Gasteiger partial charge is 0.371 e. The van der Waals surface area contributed by atoms with E-state index in [9.17, 15) is 8.42 Å². The first kappa shape index (κ1) is 15.9. The Labute approximate surface area is 138 Å². The number of sulfonamides is 1. The third-order valence-corrected chi connectivity index (χ3v) is 5.59. The molecule has 1 fully saturated rings. The van der Waals surface area contributed by atoms with Gasteiger partial charge in [0.2, 0.25) is 0 Å². The maximum atomic E-state index is 12.3. The van der Waals surface area contributed by atoms with Gasteiger partial charge in [0.25, 0.3) is 10.0 Å². The first-order valence-electron chi connectivity index (χ1n) is 7.97. The summed E-state index contributed by atoms with van der Waals surface area (Å²) in [4.78, 5) is 2.64. The number of piperidine rings is 1. The highest BCUT2D eigenvalue weighted by molar-refractivity contribution is 7.92. The van der Waals surface area contributed by atoms with Crippen LogP contribution in [0, 0.1) is 5.92 Å². The van der Waals surface area contributed by atoms with Crippen molar-refractivity contribution in [2.75, 3.05) is 22.7 Å². The molecule has 0 bridgehead atoms. The van der Waals surface area contributed by atoms with Crippen LogP contribution in [0.1, 0.15) is 19.8 Å². The monoisotopic (exact) mass is 330 g/mol. The molecule has 1 N–H and O–H groups in total. The average Bonchev–Trinajstić information content (AvgIpc) is 2.56. The molecule has 0 radical (unpaired) electrons. The molecule has 122 valence electrons. The van der Waals surface area contributed by atoms with Crippen LogP contribution >= 0.6 is 0 Å². The predicted molar refractivity (Wildman–Crippen MR) is 94.3 cm³/mol. The molecule has 3 rings (SSSR count). The minimum atomic E-state index is -3.52. The van der Waals surface area contributed by atoms with Crippen LogP contribution in [0.25, 0.3) is 0 Å². The second kappa shape index (κ2) is 6.62. The second-order valence-corrected chi connectivity index (χ2v) is 7.84. The zero-order valence-electron chi connectivity index (χ0n) is 13.3. The summed E-state index contributed by atoms with van der Waals surface area (Å²) in [5.74, 6) is 0.708. The van der Waals surface area contributed by atoms with Gasteiger partial charge in [0, 0.05) is 24.5 Å². The quantitative estimate of drug-likeness (QED) is 0.929. The van der Waals surface area contributed by atoms with Gasteiger partial charge >= 0.3 is 0 Å². The molecule has 0 amide bonds. The van der Waals surface area contributed by atoms with Crippen LogP contribution in [0.5, 0.6) is 0 Å². The van der Waals surface area contributed by atoms with E-state index in [1.807, 2.05) is 24.3 Å². The topological polar surface area (TPSA) is 49.4 Å². The van der Waals surface area contributed by atoms with Crippen molar-refractivity contribution in [3.8, 4) is 0 Å². The first-order chi connectivity index (χ1) is 11.0. The maximum Gasteiger partial charge on any atom is 0.261 e. The summed E-state index contributed by atoms with van der Waals surface area (Å²) in [6, 6.07) is 16.0. The molecule has 1 aliphatic rings. The summed E-state index contributed by atoms with van der Waals surface area (Å²) in [7, 11) is -3.52. The van der Waals surface area contributed by atoms with E-state index in [1.54, 1.807) is 30.3 Å². The number of hydrogen-bond acceptors (Lipinski definition) is 3. The second-order valence-electron chi connectivity index (χ2n) is 6.16. The van der Waals surface area contributed by atoms with Crippen LogP contribution in [-0.2, 0) is 10.0 Å². The van der Waals surface area contributed by atoms with Gasteiger partial charge in [0.15, 0.2) is 0 Å². The highest BCUT2D eigenvalue weighted by Gasteiger charge is 2.17. The SMILES string of the molecule is CC1CCCN(c2ccc(NS(=O)(=O)c3ccccc3)cc2)C1. The van der Waals surface area contributed by atoms with Gasteiger partial charge in [-0.3, -0.25) is 4.72 Å². The molecule has 4 nitrogen and oxygen atoms in total. The van der Waals surface area contributed by atoms with Crippen LogP contribution in [0.4, 0.5) is 11.4 Å². The molecule has 1 aliphatic heterocycles. The molecule has 0 saturated carbocycles. The Kier molecular flexibility index (Phi) is 4.57. The Morgan fingerprint density at radius 2 is 1.74 bits per heavy atom. The zero-order valence-corrected chi connectivity index (χ0v) is 14.1. The third kappa shape index (κ3) is 3.85. The fourth-order valence-corrected chi connectivity index (χ4v) is 4.06. The molecule has 1 atom stereocenters. The van der Waals surface area contributed by atoms with E-state index in [1.165, 1.54) is 12.8 Å². The molecular weight excluding hydrogens is 308 g/mol. The molecule has 1 saturated heterocycles. The number of rotatable bonds is 4. The van der Waals surface area contributed by atoms with Gasteiger partial charge in [-0.2, -0.15) is 0 Å². The minimum Gasteiger partial charge on any atom is -0.371 e. The van der Waals surface area contributed by atoms with E-state index < -0.39 is 10.0 Å². The first-order valence-corrected chi connectivity index (χ1v) is 9.46. The lowest BCUT2D eigenvalue weighted by molar-refractivity contribution is 0.447. The smallest absolute Gasteiger partial charge is 0.261 e. The van der Waals surface area contributed by atoms with Gasteiger partial charge in [-0.15, -0.1) is 0 Å². The van der Waals surface area contributed by atoms with Gasteiger partial charge < -0.3 is 4.90 Å². The lowest BCUT2D eigenvalue weighted by Gasteiger charge is -2.32. The van der Waals surface area contributed by atoms with Crippen LogP contribution in [0.15, 0.2) is 59.5 Å². The lowest BCUT2D eigenvalue weighted by Crippen LogP contribution is -2.34. The normalized spacial score (nSPS) is 18.7. The highest BCUT2D eigenvalue weighted by Crippen LogP contribution is 2.25. The van der Waals surface area contributed by atoms with E-state index in [2.05, 4.69) is 16.5 Å². The van der Waals surface area contributed by atoms with Gasteiger partial charge in [0.05, 0.1) is 4.90 Å². The number of hydrogen-bond donors (Lipinski definition) is 1. The Hall–Kier alpha value is -2.01. The summed E-state index contributed by atoms with van der Waals surface area (Å²) in [6.45, 7) is 4.41. The van der Waals surface area contributed by atoms with E-state index >= 15 is 0 Å². The summed E-state index contributed by atoms with van der Waals surface area (Å²) in [5, 5.41) is 0. The molecule has 5 heteroatoms. The molecule has 0 spiro atoms. The zero-order chi connectivity index (χ0) is 16.3. The Morgan fingerprint density at radius 3 is 2.39 bits per heavy atom. The maximum absolute atomic E-state index is 12.3. The molecule has 23 heavy (non-hydrogen) atoms. The van der Waals surface area contributed by atoms with Crippen molar-refractivity contribution in [2.24, 2.45) is 5.92 Å². The predicted octanol–water partition coefficient (Wildman–Crippen LogP) is 3.72. The highest BCUT2D eigenvalue weighted by atomic mass is 32.2. The van der Waals surface area contributed by atoms with E-state index in [-0.39, 0.29) is 4.90 Å².